The number of amides is 1. The number of methoxy groups -OCH3 is 1. The van der Waals surface area contributed by atoms with Gasteiger partial charge >= 0.3 is 0 Å². The van der Waals surface area contributed by atoms with Gasteiger partial charge < -0.3 is 29.3 Å². The van der Waals surface area contributed by atoms with E-state index in [-0.39, 0.29) is 22.8 Å². The van der Waals surface area contributed by atoms with Gasteiger partial charge in [-0.1, -0.05) is 19.9 Å². The summed E-state index contributed by atoms with van der Waals surface area (Å²) in [6, 6.07) is 9.09. The second-order valence-corrected chi connectivity index (χ2v) is 10.4. The molecule has 2 aliphatic heterocycles. The standard InChI is InChI=1S/C30H38N2O7/c1-19(2)18-39-24-9-7-22(16-20(24)3)28(34)26-27(21-6-8-23(33)25(17-21)37-4)32(30(36)29(26)35)11-5-10-31-12-14-38-15-13-31/h6-9,16-17,19,27,33-34H,5,10-15,18H2,1-4H3/t27-/m0/s1. The van der Waals surface area contributed by atoms with Gasteiger partial charge in [-0.3, -0.25) is 14.5 Å². The maximum Gasteiger partial charge on any atom is 0.295 e. The summed E-state index contributed by atoms with van der Waals surface area (Å²) in [5.41, 5.74) is 1.80. The minimum absolute atomic E-state index is 0.00867. The Labute approximate surface area is 229 Å². The molecule has 210 valence electrons. The molecule has 39 heavy (non-hydrogen) atoms. The zero-order chi connectivity index (χ0) is 28.1. The molecule has 0 radical (unpaired) electrons. The van der Waals surface area contributed by atoms with Crippen LogP contribution in [0.1, 0.15) is 43.0 Å². The quantitative estimate of drug-likeness (QED) is 0.267. The summed E-state index contributed by atoms with van der Waals surface area (Å²) in [7, 11) is 1.43. The fourth-order valence-electron chi connectivity index (χ4n) is 4.98. The Hall–Kier alpha value is -3.56. The highest BCUT2D eigenvalue weighted by Crippen LogP contribution is 2.42. The first-order valence-corrected chi connectivity index (χ1v) is 13.4. The first-order chi connectivity index (χ1) is 18.7. The summed E-state index contributed by atoms with van der Waals surface area (Å²) >= 11 is 0. The summed E-state index contributed by atoms with van der Waals surface area (Å²) < 4.78 is 16.6. The topological polar surface area (TPSA) is 109 Å². The number of hydrogen-bond acceptors (Lipinski definition) is 8. The molecule has 2 aromatic carbocycles. The Morgan fingerprint density at radius 3 is 2.49 bits per heavy atom. The Bertz CT molecular complexity index is 1230. The molecule has 4 rings (SSSR count). The molecule has 1 amide bonds. The lowest BCUT2D eigenvalue weighted by molar-refractivity contribution is -0.140. The molecule has 0 bridgehead atoms. The molecule has 2 N–H and O–H groups in total. The van der Waals surface area contributed by atoms with Gasteiger partial charge in [0.25, 0.3) is 11.7 Å². The Morgan fingerprint density at radius 2 is 1.82 bits per heavy atom. The van der Waals surface area contributed by atoms with Gasteiger partial charge in [0.15, 0.2) is 11.5 Å². The van der Waals surface area contributed by atoms with Crippen LogP contribution in [0.4, 0.5) is 0 Å². The third-order valence-electron chi connectivity index (χ3n) is 7.06. The Balaban J connectivity index is 1.70. The number of aliphatic hydroxyl groups is 1. The number of phenols is 1. The lowest BCUT2D eigenvalue weighted by Crippen LogP contribution is -2.38. The normalized spacial score (nSPS) is 19.6. The molecule has 1 atom stereocenters. The number of Topliss-reactive ketones (excluding diaryl/α,β-unsaturated/α-hetero) is 1. The monoisotopic (exact) mass is 538 g/mol. The van der Waals surface area contributed by atoms with E-state index in [9.17, 15) is 19.8 Å². The third kappa shape index (κ3) is 6.37. The van der Waals surface area contributed by atoms with E-state index in [1.165, 1.54) is 18.1 Å². The number of aromatic hydroxyl groups is 1. The van der Waals surface area contributed by atoms with Crippen LogP contribution in [-0.2, 0) is 14.3 Å². The molecule has 2 heterocycles. The molecule has 0 aliphatic carbocycles. The number of morpholine rings is 1. The molecule has 0 spiro atoms. The fraction of sp³-hybridized carbons (Fsp3) is 0.467. The highest BCUT2D eigenvalue weighted by Gasteiger charge is 2.46. The van der Waals surface area contributed by atoms with Crippen molar-refractivity contribution in [1.29, 1.82) is 0 Å². The van der Waals surface area contributed by atoms with Crippen molar-refractivity contribution >= 4 is 17.4 Å². The van der Waals surface area contributed by atoms with Crippen molar-refractivity contribution in [3.8, 4) is 17.2 Å². The third-order valence-corrected chi connectivity index (χ3v) is 7.06. The average molecular weight is 539 g/mol. The molecule has 2 aromatic rings. The zero-order valence-electron chi connectivity index (χ0n) is 23.1. The van der Waals surface area contributed by atoms with Crippen LogP contribution in [0.3, 0.4) is 0 Å². The molecular weight excluding hydrogens is 500 g/mol. The van der Waals surface area contributed by atoms with E-state index in [0.717, 1.165) is 25.2 Å². The maximum absolute atomic E-state index is 13.4. The second-order valence-electron chi connectivity index (χ2n) is 10.4. The van der Waals surface area contributed by atoms with E-state index >= 15 is 0 Å². The largest absolute Gasteiger partial charge is 0.507 e. The van der Waals surface area contributed by atoms with Crippen molar-refractivity contribution in [3.05, 3.63) is 58.7 Å². The number of phenolic OH excluding ortho intramolecular Hbond substituents is 1. The molecule has 0 saturated carbocycles. The van der Waals surface area contributed by atoms with Crippen molar-refractivity contribution in [1.82, 2.24) is 9.80 Å². The van der Waals surface area contributed by atoms with Gasteiger partial charge in [0.05, 0.1) is 38.5 Å². The summed E-state index contributed by atoms with van der Waals surface area (Å²) in [5, 5.41) is 21.6. The lowest BCUT2D eigenvalue weighted by atomic mass is 9.94. The number of aryl methyl sites for hydroxylation is 1. The SMILES string of the molecule is COc1cc([C@H]2C(=C(O)c3ccc(OCC(C)C)c(C)c3)C(=O)C(=O)N2CCCN2CCOCC2)ccc1O. The van der Waals surface area contributed by atoms with Crippen LogP contribution in [0.5, 0.6) is 17.2 Å². The van der Waals surface area contributed by atoms with Crippen LogP contribution in [0.25, 0.3) is 5.76 Å². The number of carbonyl (C=O) groups is 2. The lowest BCUT2D eigenvalue weighted by Gasteiger charge is -2.29. The molecule has 2 fully saturated rings. The van der Waals surface area contributed by atoms with Crippen LogP contribution < -0.4 is 9.47 Å². The van der Waals surface area contributed by atoms with E-state index in [2.05, 4.69) is 18.7 Å². The molecule has 9 heteroatoms. The first-order valence-electron chi connectivity index (χ1n) is 13.4. The number of nitrogens with zero attached hydrogens (tertiary/aromatic N) is 2. The minimum atomic E-state index is -0.832. The molecule has 2 saturated heterocycles. The van der Waals surface area contributed by atoms with E-state index in [0.29, 0.717) is 55.6 Å². The van der Waals surface area contributed by atoms with E-state index in [1.54, 1.807) is 30.3 Å². The summed E-state index contributed by atoms with van der Waals surface area (Å²) in [4.78, 5) is 30.5. The second kappa shape index (κ2) is 12.5. The smallest absolute Gasteiger partial charge is 0.295 e. The van der Waals surface area contributed by atoms with Crippen molar-refractivity contribution in [2.45, 2.75) is 33.2 Å². The molecule has 9 nitrogen and oxygen atoms in total. The number of rotatable bonds is 10. The van der Waals surface area contributed by atoms with E-state index < -0.39 is 17.7 Å². The molecule has 2 aliphatic rings. The Morgan fingerprint density at radius 1 is 1.08 bits per heavy atom. The van der Waals surface area contributed by atoms with Crippen LogP contribution in [0, 0.1) is 12.8 Å². The van der Waals surface area contributed by atoms with Crippen LogP contribution in [-0.4, -0.2) is 84.8 Å². The average Bonchev–Trinajstić information content (AvgIpc) is 3.17. The highest BCUT2D eigenvalue weighted by molar-refractivity contribution is 6.46. The van der Waals surface area contributed by atoms with Gasteiger partial charge in [-0.2, -0.15) is 0 Å². The minimum Gasteiger partial charge on any atom is -0.507 e. The summed E-state index contributed by atoms with van der Waals surface area (Å²) in [5.74, 6) is -0.438. The van der Waals surface area contributed by atoms with Crippen LogP contribution in [0.2, 0.25) is 0 Å². The number of benzene rings is 2. The Kier molecular flexibility index (Phi) is 9.14. The number of carbonyl (C=O) groups excluding carboxylic acids is 2. The van der Waals surface area contributed by atoms with Gasteiger partial charge in [0.1, 0.15) is 11.5 Å². The number of likely N-dealkylation sites (tertiary alicyclic amines) is 1. The van der Waals surface area contributed by atoms with Gasteiger partial charge in [0.2, 0.25) is 0 Å². The molecule has 0 aromatic heterocycles. The van der Waals surface area contributed by atoms with Gasteiger partial charge in [-0.15, -0.1) is 0 Å². The predicted molar refractivity (Wildman–Crippen MR) is 147 cm³/mol. The van der Waals surface area contributed by atoms with Crippen molar-refractivity contribution in [2.24, 2.45) is 5.92 Å². The fourth-order valence-corrected chi connectivity index (χ4v) is 4.98. The van der Waals surface area contributed by atoms with Crippen LogP contribution in [0.15, 0.2) is 42.0 Å². The van der Waals surface area contributed by atoms with Gasteiger partial charge in [-0.05, 0) is 60.7 Å². The number of ketones is 1. The van der Waals surface area contributed by atoms with Crippen molar-refractivity contribution in [2.75, 3.05) is 53.1 Å². The molecule has 0 unspecified atom stereocenters. The van der Waals surface area contributed by atoms with E-state index in [1.807, 2.05) is 6.92 Å². The van der Waals surface area contributed by atoms with Crippen molar-refractivity contribution in [3.63, 3.8) is 0 Å². The summed E-state index contributed by atoms with van der Waals surface area (Å²) in [6.45, 7) is 10.7. The maximum atomic E-state index is 13.4. The first kappa shape index (κ1) is 28.4. The van der Waals surface area contributed by atoms with E-state index in [4.69, 9.17) is 14.2 Å². The number of hydrogen-bond donors (Lipinski definition) is 2. The number of ether oxygens (including phenoxy) is 3. The zero-order valence-corrected chi connectivity index (χ0v) is 23.1. The highest BCUT2D eigenvalue weighted by atomic mass is 16.5. The van der Waals surface area contributed by atoms with Crippen LogP contribution >= 0.6 is 0 Å². The van der Waals surface area contributed by atoms with Gasteiger partial charge in [0, 0.05) is 31.7 Å². The van der Waals surface area contributed by atoms with Gasteiger partial charge in [-0.25, -0.2) is 0 Å². The summed E-state index contributed by atoms with van der Waals surface area (Å²) in [6.07, 6.45) is 0.653. The molecular formula is C30H38N2O7. The van der Waals surface area contributed by atoms with Crippen molar-refractivity contribution < 1.29 is 34.0 Å². The number of aliphatic hydroxyl groups excluding tert-OH is 1. The predicted octanol–water partition coefficient (Wildman–Crippen LogP) is 3.89.